The van der Waals surface area contributed by atoms with Gasteiger partial charge in [-0.3, -0.25) is 0 Å². The Morgan fingerprint density at radius 1 is 0.828 bits per heavy atom. The minimum absolute atomic E-state index is 0.0175. The van der Waals surface area contributed by atoms with Crippen molar-refractivity contribution in [2.45, 2.75) is 77.6 Å². The molecular weight excluding hydrogens is 394 g/mol. The van der Waals surface area contributed by atoms with E-state index < -0.39 is 11.6 Å². The highest BCUT2D eigenvalue weighted by Gasteiger charge is 2.33. The van der Waals surface area contributed by atoms with Crippen LogP contribution in [0.1, 0.15) is 76.2 Å². The first-order chi connectivity index (χ1) is 14.0. The van der Waals surface area contributed by atoms with Gasteiger partial charge in [0.2, 0.25) is 11.6 Å². The molecule has 3 saturated carbocycles. The molecule has 0 amide bonds. The molecule has 0 unspecified atom stereocenters. The van der Waals surface area contributed by atoms with Gasteiger partial charge in [-0.1, -0.05) is 25.7 Å². The zero-order valence-electron chi connectivity index (χ0n) is 17.4. The molecule has 0 radical (unpaired) electrons. The molecule has 0 heterocycles. The van der Waals surface area contributed by atoms with E-state index >= 15 is 0 Å². The van der Waals surface area contributed by atoms with Crippen LogP contribution < -0.4 is 9.03 Å². The van der Waals surface area contributed by atoms with Crippen LogP contribution in [0, 0.1) is 48.1 Å². The zero-order valence-corrected chi connectivity index (χ0v) is 18.2. The molecule has 3 fully saturated rings. The molecule has 1 aromatic rings. The van der Waals surface area contributed by atoms with E-state index in [2.05, 4.69) is 4.29 Å². The van der Waals surface area contributed by atoms with Gasteiger partial charge in [0, 0.05) is 0 Å². The van der Waals surface area contributed by atoms with E-state index in [1.54, 1.807) is 6.92 Å². The van der Waals surface area contributed by atoms with E-state index in [4.69, 9.17) is 16.6 Å². The highest BCUT2D eigenvalue weighted by molar-refractivity contribution is 6.09. The summed E-state index contributed by atoms with van der Waals surface area (Å²) in [6.07, 6.45) is 14.9. The van der Waals surface area contributed by atoms with E-state index in [9.17, 15) is 8.78 Å². The van der Waals surface area contributed by atoms with Crippen LogP contribution in [0.4, 0.5) is 8.78 Å². The summed E-state index contributed by atoms with van der Waals surface area (Å²) in [5.74, 6) is 1.80. The fraction of sp³-hybridized carbons (Fsp3) is 0.750. The average molecular weight is 427 g/mol. The lowest BCUT2D eigenvalue weighted by atomic mass is 9.69. The molecule has 0 bridgehead atoms. The molecule has 0 aliphatic heterocycles. The SMILES string of the molecule is Cc1cc(OCl)c(F)c(F)c1OCC1CCC(C2CCC(CC3CC3)CC2)CC1. The van der Waals surface area contributed by atoms with Crippen molar-refractivity contribution in [2.75, 3.05) is 6.61 Å². The maximum absolute atomic E-state index is 14.2. The number of rotatable bonds is 7. The topological polar surface area (TPSA) is 18.5 Å². The summed E-state index contributed by atoms with van der Waals surface area (Å²) in [6, 6.07) is 1.37. The van der Waals surface area contributed by atoms with Crippen LogP contribution in [0.2, 0.25) is 0 Å². The Labute approximate surface area is 178 Å². The summed E-state index contributed by atoms with van der Waals surface area (Å²) in [4.78, 5) is 0. The standard InChI is InChI=1S/C24H33ClF2O2/c1-15-12-21(29-25)22(26)23(27)24(15)28-14-18-6-10-20(11-7-18)19-8-4-17(5-9-19)13-16-2-3-16/h12,16-20H,2-11,13-14H2,1H3. The van der Waals surface area contributed by atoms with E-state index in [-0.39, 0.29) is 11.5 Å². The van der Waals surface area contributed by atoms with Crippen LogP contribution in [0.5, 0.6) is 11.5 Å². The Balaban J connectivity index is 1.22. The summed E-state index contributed by atoms with van der Waals surface area (Å²) < 4.78 is 38.2. The second-order valence-electron chi connectivity index (χ2n) is 9.78. The molecule has 0 aromatic heterocycles. The van der Waals surface area contributed by atoms with E-state index in [0.717, 1.165) is 36.5 Å². The molecule has 5 heteroatoms. The van der Waals surface area contributed by atoms with Gasteiger partial charge in [0.1, 0.15) is 11.9 Å². The van der Waals surface area contributed by atoms with Crippen LogP contribution in [0.25, 0.3) is 0 Å². The van der Waals surface area contributed by atoms with Gasteiger partial charge in [-0.15, -0.1) is 0 Å². The minimum Gasteiger partial charge on any atom is -0.490 e. The van der Waals surface area contributed by atoms with E-state index in [0.29, 0.717) is 18.1 Å². The van der Waals surface area contributed by atoms with Gasteiger partial charge in [-0.05, 0) is 93.1 Å². The Morgan fingerprint density at radius 2 is 1.34 bits per heavy atom. The number of aryl methyl sites for hydroxylation is 1. The summed E-state index contributed by atoms with van der Waals surface area (Å²) in [5, 5.41) is 0. The van der Waals surface area contributed by atoms with Gasteiger partial charge < -0.3 is 9.03 Å². The molecular formula is C24H33ClF2O2. The highest BCUT2D eigenvalue weighted by atomic mass is 35.5. The number of hydrogen-bond donors (Lipinski definition) is 0. The summed E-state index contributed by atoms with van der Waals surface area (Å²) >= 11 is 5.19. The van der Waals surface area contributed by atoms with Gasteiger partial charge >= 0.3 is 0 Å². The number of hydrogen-bond acceptors (Lipinski definition) is 2. The van der Waals surface area contributed by atoms with Crippen molar-refractivity contribution in [1.29, 1.82) is 0 Å². The average Bonchev–Trinajstić information content (AvgIpc) is 3.56. The Morgan fingerprint density at radius 3 is 1.86 bits per heavy atom. The van der Waals surface area contributed by atoms with E-state index in [1.165, 1.54) is 63.9 Å². The summed E-state index contributed by atoms with van der Waals surface area (Å²) in [6.45, 7) is 2.12. The maximum atomic E-state index is 14.2. The second-order valence-corrected chi connectivity index (χ2v) is 9.93. The number of ether oxygens (including phenoxy) is 1. The zero-order chi connectivity index (χ0) is 20.4. The third-order valence-electron chi connectivity index (χ3n) is 7.67. The molecule has 0 saturated heterocycles. The fourth-order valence-corrected chi connectivity index (χ4v) is 5.80. The quantitative estimate of drug-likeness (QED) is 0.447. The van der Waals surface area contributed by atoms with Crippen molar-refractivity contribution in [3.63, 3.8) is 0 Å². The van der Waals surface area contributed by atoms with Crippen molar-refractivity contribution in [1.82, 2.24) is 0 Å². The third-order valence-corrected chi connectivity index (χ3v) is 7.84. The third kappa shape index (κ3) is 5.18. The van der Waals surface area contributed by atoms with Crippen molar-refractivity contribution in [3.8, 4) is 11.5 Å². The second kappa shape index (κ2) is 9.41. The molecule has 1 aromatic carbocycles. The Hall–Kier alpha value is -1.03. The summed E-state index contributed by atoms with van der Waals surface area (Å²) in [5.41, 5.74) is 0.496. The van der Waals surface area contributed by atoms with Crippen molar-refractivity contribution < 1.29 is 17.8 Å². The van der Waals surface area contributed by atoms with Crippen LogP contribution in [-0.4, -0.2) is 6.61 Å². The predicted molar refractivity (Wildman–Crippen MR) is 111 cm³/mol. The fourth-order valence-electron chi connectivity index (χ4n) is 5.69. The molecule has 0 N–H and O–H groups in total. The molecule has 4 rings (SSSR count). The van der Waals surface area contributed by atoms with Crippen LogP contribution in [0.3, 0.4) is 0 Å². The van der Waals surface area contributed by atoms with Gasteiger partial charge in [-0.25, -0.2) is 0 Å². The summed E-state index contributed by atoms with van der Waals surface area (Å²) in [7, 11) is 0. The Bertz CT molecular complexity index is 691. The van der Waals surface area contributed by atoms with Crippen molar-refractivity contribution >= 4 is 11.9 Å². The van der Waals surface area contributed by atoms with Crippen LogP contribution in [-0.2, 0) is 0 Å². The largest absolute Gasteiger partial charge is 0.490 e. The lowest BCUT2D eigenvalue weighted by Gasteiger charge is -2.38. The monoisotopic (exact) mass is 426 g/mol. The van der Waals surface area contributed by atoms with Crippen LogP contribution >= 0.6 is 11.9 Å². The molecule has 0 spiro atoms. The predicted octanol–water partition coefficient (Wildman–Crippen LogP) is 7.60. The van der Waals surface area contributed by atoms with Gasteiger partial charge in [0.15, 0.2) is 11.5 Å². The lowest BCUT2D eigenvalue weighted by molar-refractivity contribution is 0.119. The molecule has 2 nitrogen and oxygen atoms in total. The highest BCUT2D eigenvalue weighted by Crippen LogP contribution is 2.45. The smallest absolute Gasteiger partial charge is 0.206 e. The molecule has 3 aliphatic rings. The first-order valence-electron chi connectivity index (χ1n) is 11.4. The minimum atomic E-state index is -1.10. The van der Waals surface area contributed by atoms with E-state index in [1.807, 2.05) is 0 Å². The molecule has 3 aliphatic carbocycles. The lowest BCUT2D eigenvalue weighted by Crippen LogP contribution is -2.27. The van der Waals surface area contributed by atoms with Gasteiger partial charge in [-0.2, -0.15) is 8.78 Å². The Kier molecular flexibility index (Phi) is 6.88. The first-order valence-corrected chi connectivity index (χ1v) is 11.8. The van der Waals surface area contributed by atoms with Crippen molar-refractivity contribution in [2.24, 2.45) is 29.6 Å². The maximum Gasteiger partial charge on any atom is 0.206 e. The molecule has 162 valence electrons. The molecule has 29 heavy (non-hydrogen) atoms. The normalized spacial score (nSPS) is 30.2. The number of benzene rings is 1. The van der Waals surface area contributed by atoms with Crippen LogP contribution in [0.15, 0.2) is 6.07 Å². The molecule has 0 atom stereocenters. The van der Waals surface area contributed by atoms with Gasteiger partial charge in [0.25, 0.3) is 0 Å². The first kappa shape index (κ1) is 21.2. The van der Waals surface area contributed by atoms with Crippen molar-refractivity contribution in [3.05, 3.63) is 23.3 Å². The number of halogens is 3. The van der Waals surface area contributed by atoms with Gasteiger partial charge in [0.05, 0.1) is 6.61 Å².